The number of carbonyl (C=O) groups excluding carboxylic acids is 2. The Hall–Kier alpha value is -2.28. The first-order chi connectivity index (χ1) is 10.3. The van der Waals surface area contributed by atoms with Crippen LogP contribution in [0.4, 0.5) is 0 Å². The number of aryl methyl sites for hydroxylation is 1. The number of ether oxygens (including phenoxy) is 1. The van der Waals surface area contributed by atoms with Crippen molar-refractivity contribution in [1.29, 1.82) is 0 Å². The van der Waals surface area contributed by atoms with Crippen LogP contribution < -0.4 is 5.32 Å². The van der Waals surface area contributed by atoms with Crippen LogP contribution in [0, 0.1) is 0 Å². The Balaban J connectivity index is 2.28. The predicted molar refractivity (Wildman–Crippen MR) is 78.8 cm³/mol. The van der Waals surface area contributed by atoms with Crippen LogP contribution in [0.2, 0.25) is 5.02 Å². The average Bonchev–Trinajstić information content (AvgIpc) is 3.04. The molecule has 0 aliphatic carbocycles. The second-order valence-electron chi connectivity index (χ2n) is 5.30. The highest BCUT2D eigenvalue weighted by Crippen LogP contribution is 2.24. The van der Waals surface area contributed by atoms with Crippen molar-refractivity contribution in [1.82, 2.24) is 15.0 Å². The van der Waals surface area contributed by atoms with Gasteiger partial charge in [-0.15, -0.1) is 0 Å². The monoisotopic (exact) mass is 325 g/mol. The molecule has 0 aromatic carbocycles. The molecule has 0 unspecified atom stereocenters. The molecule has 0 saturated heterocycles. The maximum atomic E-state index is 12.4. The number of esters is 1. The maximum absolute atomic E-state index is 12.4. The number of amides is 1. The number of nitrogens with one attached hydrogen (secondary N) is 1. The third kappa shape index (κ3) is 2.99. The van der Waals surface area contributed by atoms with Gasteiger partial charge in [0.1, 0.15) is 23.2 Å². The van der Waals surface area contributed by atoms with Crippen molar-refractivity contribution in [3.8, 4) is 0 Å². The molecule has 0 fully saturated rings. The molecule has 1 amide bonds. The van der Waals surface area contributed by atoms with Crippen molar-refractivity contribution in [2.75, 3.05) is 7.11 Å². The van der Waals surface area contributed by atoms with Gasteiger partial charge in [0.25, 0.3) is 5.91 Å². The highest BCUT2D eigenvalue weighted by molar-refractivity contribution is 6.31. The second kappa shape index (κ2) is 5.84. The molecule has 22 heavy (non-hydrogen) atoms. The van der Waals surface area contributed by atoms with Crippen LogP contribution >= 0.6 is 11.6 Å². The third-order valence-corrected chi connectivity index (χ3v) is 3.40. The van der Waals surface area contributed by atoms with Crippen LogP contribution in [-0.4, -0.2) is 28.7 Å². The largest absolute Gasteiger partial charge is 0.465 e. The molecular weight excluding hydrogens is 310 g/mol. The summed E-state index contributed by atoms with van der Waals surface area (Å²) in [5, 5.41) is 7.07. The lowest BCUT2D eigenvalue weighted by atomic mass is 9.96. The summed E-state index contributed by atoms with van der Waals surface area (Å²) in [6, 6.07) is 1.55. The number of nitrogens with zero attached hydrogens (tertiary/aromatic N) is 2. The summed E-state index contributed by atoms with van der Waals surface area (Å²) >= 11 is 5.88. The van der Waals surface area contributed by atoms with Crippen molar-refractivity contribution in [3.63, 3.8) is 0 Å². The van der Waals surface area contributed by atoms with E-state index >= 15 is 0 Å². The zero-order chi connectivity index (χ0) is 16.5. The molecule has 0 spiro atoms. The number of aromatic nitrogens is 2. The van der Waals surface area contributed by atoms with E-state index in [4.69, 9.17) is 16.1 Å². The van der Waals surface area contributed by atoms with Crippen LogP contribution in [-0.2, 0) is 17.3 Å². The van der Waals surface area contributed by atoms with Gasteiger partial charge in [0, 0.05) is 13.2 Å². The molecule has 2 rings (SSSR count). The van der Waals surface area contributed by atoms with Gasteiger partial charge in [-0.2, -0.15) is 0 Å². The minimum atomic E-state index is -0.940. The van der Waals surface area contributed by atoms with Crippen LogP contribution in [0.25, 0.3) is 0 Å². The molecule has 0 radical (unpaired) electrons. The predicted octanol–water partition coefficient (Wildman–Crippen LogP) is 2.12. The first-order valence-corrected chi connectivity index (χ1v) is 6.81. The van der Waals surface area contributed by atoms with E-state index in [9.17, 15) is 9.59 Å². The Morgan fingerprint density at radius 3 is 2.68 bits per heavy atom. The molecule has 2 heterocycles. The molecule has 2 aromatic rings. The molecule has 0 saturated carbocycles. The summed E-state index contributed by atoms with van der Waals surface area (Å²) in [6.45, 7) is 3.42. The lowest BCUT2D eigenvalue weighted by Gasteiger charge is -2.24. The Kier molecular flexibility index (Phi) is 4.27. The lowest BCUT2D eigenvalue weighted by molar-refractivity contribution is 0.0595. The molecule has 8 heteroatoms. The molecule has 2 aromatic heterocycles. The van der Waals surface area contributed by atoms with Gasteiger partial charge in [0.2, 0.25) is 0 Å². The molecule has 1 N–H and O–H groups in total. The van der Waals surface area contributed by atoms with E-state index in [1.807, 2.05) is 0 Å². The molecular formula is C14H16ClN3O4. The lowest BCUT2D eigenvalue weighted by Crippen LogP contribution is -2.42. The van der Waals surface area contributed by atoms with Crippen LogP contribution in [0.1, 0.15) is 40.4 Å². The Morgan fingerprint density at radius 2 is 2.14 bits per heavy atom. The number of rotatable bonds is 4. The van der Waals surface area contributed by atoms with Crippen molar-refractivity contribution in [2.45, 2.75) is 19.4 Å². The highest BCUT2D eigenvalue weighted by Gasteiger charge is 2.33. The average molecular weight is 326 g/mol. The smallest absolute Gasteiger partial charge is 0.343 e. The van der Waals surface area contributed by atoms with Gasteiger partial charge in [0.15, 0.2) is 0 Å². The zero-order valence-electron chi connectivity index (χ0n) is 12.6. The topological polar surface area (TPSA) is 86.4 Å². The van der Waals surface area contributed by atoms with Crippen LogP contribution in [0.3, 0.4) is 0 Å². The van der Waals surface area contributed by atoms with E-state index in [1.165, 1.54) is 13.4 Å². The van der Waals surface area contributed by atoms with Gasteiger partial charge in [-0.25, -0.2) is 4.79 Å². The van der Waals surface area contributed by atoms with Gasteiger partial charge in [-0.1, -0.05) is 16.8 Å². The summed E-state index contributed by atoms with van der Waals surface area (Å²) in [6.07, 6.45) is 2.81. The van der Waals surface area contributed by atoms with Gasteiger partial charge in [-0.3, -0.25) is 4.79 Å². The van der Waals surface area contributed by atoms with Crippen molar-refractivity contribution >= 4 is 23.5 Å². The fraction of sp³-hybridized carbons (Fsp3) is 0.357. The van der Waals surface area contributed by atoms with E-state index in [-0.39, 0.29) is 17.2 Å². The van der Waals surface area contributed by atoms with Gasteiger partial charge in [0.05, 0.1) is 17.7 Å². The van der Waals surface area contributed by atoms with Crippen LogP contribution in [0.15, 0.2) is 23.0 Å². The molecule has 0 bridgehead atoms. The van der Waals surface area contributed by atoms with Crippen molar-refractivity contribution in [2.24, 2.45) is 7.05 Å². The van der Waals surface area contributed by atoms with Gasteiger partial charge in [-0.05, 0) is 19.9 Å². The normalized spacial score (nSPS) is 11.3. The number of halogens is 1. The number of carbonyl (C=O) groups is 2. The fourth-order valence-electron chi connectivity index (χ4n) is 2.10. The summed E-state index contributed by atoms with van der Waals surface area (Å²) in [5.41, 5.74) is -0.100. The Morgan fingerprint density at radius 1 is 1.45 bits per heavy atom. The molecule has 0 aliphatic heterocycles. The van der Waals surface area contributed by atoms with Crippen molar-refractivity contribution in [3.05, 3.63) is 40.5 Å². The highest BCUT2D eigenvalue weighted by atomic mass is 35.5. The van der Waals surface area contributed by atoms with Gasteiger partial charge >= 0.3 is 5.97 Å². The van der Waals surface area contributed by atoms with E-state index in [0.29, 0.717) is 10.7 Å². The third-order valence-electron chi connectivity index (χ3n) is 3.20. The van der Waals surface area contributed by atoms with E-state index in [2.05, 4.69) is 15.2 Å². The molecule has 118 valence electrons. The molecule has 7 nitrogen and oxygen atoms in total. The number of hydrogen-bond acceptors (Lipinski definition) is 5. The molecule has 0 aliphatic rings. The molecule has 0 atom stereocenters. The first kappa shape index (κ1) is 16.1. The van der Waals surface area contributed by atoms with Crippen LogP contribution in [0.5, 0.6) is 0 Å². The Bertz CT molecular complexity index is 717. The maximum Gasteiger partial charge on any atom is 0.343 e. The van der Waals surface area contributed by atoms with E-state index < -0.39 is 11.5 Å². The summed E-state index contributed by atoms with van der Waals surface area (Å²) in [4.78, 5) is 24.1. The summed E-state index contributed by atoms with van der Waals surface area (Å²) in [5.74, 6) is -0.932. The Labute approximate surface area is 132 Å². The summed E-state index contributed by atoms with van der Waals surface area (Å²) < 4.78 is 11.1. The number of hydrogen-bond donors (Lipinski definition) is 1. The SMILES string of the molecule is COC(=O)c1conc1C(C)(C)NC(=O)c1cc(Cl)cn1C. The van der Waals surface area contributed by atoms with Gasteiger partial charge < -0.3 is 19.1 Å². The fourth-order valence-corrected chi connectivity index (χ4v) is 2.35. The zero-order valence-corrected chi connectivity index (χ0v) is 13.4. The van der Waals surface area contributed by atoms with E-state index in [0.717, 1.165) is 0 Å². The minimum Gasteiger partial charge on any atom is -0.465 e. The number of methoxy groups -OCH3 is 1. The standard InChI is InChI=1S/C14H16ClN3O4/c1-14(2,11-9(7-22-17-11)13(20)21-4)16-12(19)10-5-8(15)6-18(10)3/h5-7H,1-4H3,(H,16,19). The first-order valence-electron chi connectivity index (χ1n) is 6.44. The summed E-state index contributed by atoms with van der Waals surface area (Å²) in [7, 11) is 2.97. The second-order valence-corrected chi connectivity index (χ2v) is 5.74. The van der Waals surface area contributed by atoms with E-state index in [1.54, 1.807) is 37.7 Å². The van der Waals surface area contributed by atoms with Crippen molar-refractivity contribution < 1.29 is 18.8 Å². The minimum absolute atomic E-state index is 0.165. The quantitative estimate of drug-likeness (QED) is 0.870.